The second-order valence-corrected chi connectivity index (χ2v) is 1.85. The fraction of sp³-hybridized carbons (Fsp3) is 0.125. The fourth-order valence-corrected chi connectivity index (χ4v) is 0.585. The molecule has 0 aromatic heterocycles. The van der Waals surface area contributed by atoms with E-state index >= 15 is 0 Å². The van der Waals surface area contributed by atoms with Gasteiger partial charge in [0.25, 0.3) is 5.95 Å². The minimum Gasteiger partial charge on any atom is -0.461 e. The summed E-state index contributed by atoms with van der Waals surface area (Å²) < 4.78 is 9.60. The van der Waals surface area contributed by atoms with Crippen LogP contribution in [0.25, 0.3) is 0 Å². The van der Waals surface area contributed by atoms with Crippen molar-refractivity contribution in [1.82, 2.24) is 0 Å². The first-order chi connectivity index (χ1) is 5.33. The van der Waals surface area contributed by atoms with Crippen LogP contribution in [0, 0.1) is 0 Å². The largest absolute Gasteiger partial charge is 0.461 e. The van der Waals surface area contributed by atoms with Crippen LogP contribution in [-0.4, -0.2) is 12.6 Å². The van der Waals surface area contributed by atoms with Crippen LogP contribution < -0.4 is 0 Å². The van der Waals surface area contributed by atoms with E-state index in [1.165, 1.54) is 0 Å². The molecule has 0 bridgehead atoms. The summed E-state index contributed by atoms with van der Waals surface area (Å²) in [4.78, 5) is 10.6. The summed E-state index contributed by atoms with van der Waals surface area (Å²) >= 11 is 0. The van der Waals surface area contributed by atoms with E-state index in [4.69, 9.17) is 4.74 Å². The molecule has 3 nitrogen and oxygen atoms in total. The van der Waals surface area contributed by atoms with Gasteiger partial charge in [0.1, 0.15) is 6.61 Å². The Morgan fingerprint density at radius 3 is 3.18 bits per heavy atom. The zero-order valence-corrected chi connectivity index (χ0v) is 5.95. The normalized spacial score (nSPS) is 14.7. The third-order valence-electron chi connectivity index (χ3n) is 1.06. The average Bonchev–Trinajstić information content (AvgIpc) is 2.06. The van der Waals surface area contributed by atoms with Crippen molar-refractivity contribution in [3.05, 3.63) is 36.8 Å². The number of ether oxygens (including phenoxy) is 2. The minimum atomic E-state index is -0.508. The van der Waals surface area contributed by atoms with Gasteiger partial charge in [-0.3, -0.25) is 0 Å². The number of carbonyl (C=O) groups excluding carboxylic acids is 1. The molecule has 0 aromatic rings. The minimum absolute atomic E-state index is 0.220. The van der Waals surface area contributed by atoms with E-state index in [9.17, 15) is 4.79 Å². The molecular weight excluding hydrogens is 144 g/mol. The van der Waals surface area contributed by atoms with Crippen molar-refractivity contribution in [3.8, 4) is 0 Å². The molecule has 0 fully saturated rings. The number of carbonyl (C=O) groups is 1. The third kappa shape index (κ3) is 2.29. The maximum absolute atomic E-state index is 10.6. The van der Waals surface area contributed by atoms with Gasteiger partial charge in [-0.25, -0.2) is 4.79 Å². The molecule has 11 heavy (non-hydrogen) atoms. The molecule has 0 N–H and O–H groups in total. The molecule has 0 aliphatic carbocycles. The Labute approximate surface area is 64.6 Å². The van der Waals surface area contributed by atoms with Gasteiger partial charge in [0.2, 0.25) is 0 Å². The molecule has 0 saturated heterocycles. The molecule has 0 atom stereocenters. The van der Waals surface area contributed by atoms with Crippen molar-refractivity contribution in [3.63, 3.8) is 0 Å². The highest BCUT2D eigenvalue weighted by atomic mass is 16.7. The van der Waals surface area contributed by atoms with E-state index in [1.54, 1.807) is 12.2 Å². The topological polar surface area (TPSA) is 35.5 Å². The highest BCUT2D eigenvalue weighted by molar-refractivity contribution is 5.81. The number of hydrogen-bond donors (Lipinski definition) is 0. The average molecular weight is 152 g/mol. The van der Waals surface area contributed by atoms with Gasteiger partial charge in [-0.1, -0.05) is 12.7 Å². The summed E-state index contributed by atoms with van der Waals surface area (Å²) in [5.74, 6) is -0.288. The van der Waals surface area contributed by atoms with Crippen LogP contribution in [0.3, 0.4) is 0 Å². The second kappa shape index (κ2) is 3.61. The van der Waals surface area contributed by atoms with E-state index in [-0.39, 0.29) is 5.95 Å². The Kier molecular flexibility index (Phi) is 2.49. The van der Waals surface area contributed by atoms with Gasteiger partial charge in [0.15, 0.2) is 0 Å². The van der Waals surface area contributed by atoms with E-state index in [2.05, 4.69) is 11.3 Å². The van der Waals surface area contributed by atoms with E-state index in [1.807, 2.05) is 6.08 Å². The maximum Gasteiger partial charge on any atom is 0.337 e. The predicted molar refractivity (Wildman–Crippen MR) is 39.5 cm³/mol. The Bertz CT molecular complexity index is 225. The number of allylic oxidation sites excluding steroid dienone is 2. The summed E-state index contributed by atoms with van der Waals surface area (Å²) in [6.45, 7) is 3.69. The first-order valence-electron chi connectivity index (χ1n) is 3.17. The Morgan fingerprint density at radius 2 is 2.64 bits per heavy atom. The zero-order chi connectivity index (χ0) is 8.10. The molecule has 0 spiro atoms. The van der Waals surface area contributed by atoms with Gasteiger partial charge < -0.3 is 9.47 Å². The van der Waals surface area contributed by atoms with Crippen molar-refractivity contribution in [2.24, 2.45) is 0 Å². The van der Waals surface area contributed by atoms with Crippen LogP contribution in [0.4, 0.5) is 0 Å². The van der Waals surface area contributed by atoms with Crippen LogP contribution in [0.2, 0.25) is 0 Å². The summed E-state index contributed by atoms with van der Waals surface area (Å²) in [5.41, 5.74) is 0. The van der Waals surface area contributed by atoms with Crippen LogP contribution in [-0.2, 0) is 14.3 Å². The van der Waals surface area contributed by atoms with Crippen LogP contribution in [0.1, 0.15) is 0 Å². The van der Waals surface area contributed by atoms with Crippen molar-refractivity contribution < 1.29 is 14.3 Å². The molecule has 1 aliphatic rings. The predicted octanol–water partition coefficient (Wildman–Crippen LogP) is 1.14. The number of rotatable bonds is 2. The van der Waals surface area contributed by atoms with E-state index in [0.717, 1.165) is 6.08 Å². The van der Waals surface area contributed by atoms with Crippen LogP contribution in [0.15, 0.2) is 36.8 Å². The lowest BCUT2D eigenvalue weighted by atomic mass is 10.4. The second-order valence-electron chi connectivity index (χ2n) is 1.85. The number of hydrogen-bond acceptors (Lipinski definition) is 3. The molecule has 0 amide bonds. The first-order valence-corrected chi connectivity index (χ1v) is 3.17. The lowest BCUT2D eigenvalue weighted by Gasteiger charge is -2.08. The van der Waals surface area contributed by atoms with Gasteiger partial charge in [-0.05, 0) is 6.08 Å². The molecule has 3 heteroatoms. The van der Waals surface area contributed by atoms with Crippen LogP contribution in [0.5, 0.6) is 0 Å². The van der Waals surface area contributed by atoms with E-state index < -0.39 is 5.97 Å². The molecule has 0 radical (unpaired) electrons. The quantitative estimate of drug-likeness (QED) is 0.439. The lowest BCUT2D eigenvalue weighted by Crippen LogP contribution is -2.05. The van der Waals surface area contributed by atoms with Crippen molar-refractivity contribution >= 4 is 5.97 Å². The van der Waals surface area contributed by atoms with Crippen molar-refractivity contribution in [1.29, 1.82) is 0 Å². The van der Waals surface area contributed by atoms with Gasteiger partial charge >= 0.3 is 5.97 Å². The molecule has 0 aromatic carbocycles. The Hall–Kier alpha value is -1.51. The van der Waals surface area contributed by atoms with Gasteiger partial charge in [0, 0.05) is 12.2 Å². The molecule has 58 valence electrons. The monoisotopic (exact) mass is 152 g/mol. The zero-order valence-electron chi connectivity index (χ0n) is 5.95. The van der Waals surface area contributed by atoms with Crippen LogP contribution >= 0.6 is 0 Å². The third-order valence-corrected chi connectivity index (χ3v) is 1.06. The lowest BCUT2D eigenvalue weighted by molar-refractivity contribution is -0.138. The fourth-order valence-electron chi connectivity index (χ4n) is 0.585. The van der Waals surface area contributed by atoms with E-state index in [0.29, 0.717) is 6.61 Å². The summed E-state index contributed by atoms with van der Waals surface area (Å²) in [7, 11) is 0. The maximum atomic E-state index is 10.6. The Morgan fingerprint density at radius 1 is 1.82 bits per heavy atom. The van der Waals surface area contributed by atoms with Crippen molar-refractivity contribution in [2.75, 3.05) is 6.61 Å². The summed E-state index contributed by atoms with van der Waals surface area (Å²) in [5, 5.41) is 0. The summed E-state index contributed by atoms with van der Waals surface area (Å²) in [6.07, 6.45) is 6.23. The SMILES string of the molecule is C=CC(=O)OC1=CC=CCO1. The summed E-state index contributed by atoms with van der Waals surface area (Å²) in [6, 6.07) is 0. The van der Waals surface area contributed by atoms with Crippen molar-refractivity contribution in [2.45, 2.75) is 0 Å². The molecule has 0 unspecified atom stereocenters. The standard InChI is InChI=1S/C8H8O3/c1-2-7(9)11-8-5-3-4-6-10-8/h2-5H,1,6H2. The van der Waals surface area contributed by atoms with Gasteiger partial charge in [-0.2, -0.15) is 0 Å². The highest BCUT2D eigenvalue weighted by Gasteiger charge is 2.04. The smallest absolute Gasteiger partial charge is 0.337 e. The number of esters is 1. The molecule has 0 saturated carbocycles. The first kappa shape index (κ1) is 7.60. The van der Waals surface area contributed by atoms with Gasteiger partial charge in [-0.15, -0.1) is 0 Å². The molecular formula is C8H8O3. The molecule has 1 heterocycles. The van der Waals surface area contributed by atoms with Gasteiger partial charge in [0.05, 0.1) is 0 Å². The molecule has 1 rings (SSSR count). The highest BCUT2D eigenvalue weighted by Crippen LogP contribution is 2.05. The Balaban J connectivity index is 2.48. The molecule has 1 aliphatic heterocycles.